The molecule has 1 heterocycles. The molecule has 0 bridgehead atoms. The molecule has 84 valence electrons. The van der Waals surface area contributed by atoms with Crippen molar-refractivity contribution in [1.82, 2.24) is 4.98 Å². The van der Waals surface area contributed by atoms with Crippen LogP contribution in [-0.2, 0) is 13.0 Å². The third-order valence-corrected chi connectivity index (χ3v) is 3.91. The minimum atomic E-state index is 0.802. The monoisotopic (exact) mass is 344 g/mol. The van der Waals surface area contributed by atoms with Crippen molar-refractivity contribution in [1.29, 1.82) is 0 Å². The van der Waals surface area contributed by atoms with E-state index >= 15 is 0 Å². The van der Waals surface area contributed by atoms with Gasteiger partial charge < -0.3 is 5.32 Å². The Morgan fingerprint density at radius 3 is 3.00 bits per heavy atom. The van der Waals surface area contributed by atoms with Gasteiger partial charge in [0.2, 0.25) is 0 Å². The molecule has 1 aromatic carbocycles. The van der Waals surface area contributed by atoms with E-state index in [4.69, 9.17) is 0 Å². The van der Waals surface area contributed by atoms with Crippen LogP contribution >= 0.6 is 33.9 Å². The Hall–Kier alpha value is -0.620. The molecule has 2 nitrogen and oxygen atoms in total. The number of hydrogen-bond donors (Lipinski definition) is 1. The molecular weight excluding hydrogens is 331 g/mol. The Bertz CT molecular complexity index is 468. The largest absolute Gasteiger partial charge is 0.379 e. The lowest BCUT2D eigenvalue weighted by atomic mass is 10.3. The van der Waals surface area contributed by atoms with Crippen LogP contribution in [0, 0.1) is 3.57 Å². The summed E-state index contributed by atoms with van der Waals surface area (Å²) < 4.78 is 1.25. The summed E-state index contributed by atoms with van der Waals surface area (Å²) in [7, 11) is 0. The zero-order valence-corrected chi connectivity index (χ0v) is 12.0. The number of nitrogens with zero attached hydrogens (tertiary/aromatic N) is 1. The number of rotatable bonds is 4. The molecule has 1 aromatic heterocycles. The van der Waals surface area contributed by atoms with Crippen LogP contribution in [0.4, 0.5) is 5.69 Å². The van der Waals surface area contributed by atoms with Gasteiger partial charge in [-0.05, 0) is 47.2 Å². The van der Waals surface area contributed by atoms with Gasteiger partial charge in [0.1, 0.15) is 0 Å². The Balaban J connectivity index is 1.96. The number of anilines is 1. The predicted octanol–water partition coefficient (Wildman–Crippen LogP) is 3.92. The average Bonchev–Trinajstić information content (AvgIpc) is 2.74. The first-order valence-corrected chi connectivity index (χ1v) is 7.16. The standard InChI is InChI=1S/C12H13IN2S/c1-2-12-15-11(8-16-12)7-14-10-5-3-4-9(13)6-10/h3-6,8,14H,2,7H2,1H3. The van der Waals surface area contributed by atoms with Gasteiger partial charge in [0.15, 0.2) is 0 Å². The molecule has 0 amide bonds. The minimum absolute atomic E-state index is 0.802. The molecule has 16 heavy (non-hydrogen) atoms. The van der Waals surface area contributed by atoms with Crippen LogP contribution < -0.4 is 5.32 Å². The van der Waals surface area contributed by atoms with E-state index in [0.717, 1.165) is 24.3 Å². The van der Waals surface area contributed by atoms with Gasteiger partial charge in [-0.15, -0.1) is 11.3 Å². The van der Waals surface area contributed by atoms with Gasteiger partial charge in [0, 0.05) is 14.6 Å². The Morgan fingerprint density at radius 2 is 2.31 bits per heavy atom. The van der Waals surface area contributed by atoms with E-state index in [9.17, 15) is 0 Å². The number of hydrogen-bond acceptors (Lipinski definition) is 3. The van der Waals surface area contributed by atoms with Crippen LogP contribution in [0.2, 0.25) is 0 Å². The van der Waals surface area contributed by atoms with Crippen molar-refractivity contribution in [2.24, 2.45) is 0 Å². The molecule has 0 radical (unpaired) electrons. The third-order valence-electron chi connectivity index (χ3n) is 2.20. The first-order chi connectivity index (χ1) is 7.78. The molecule has 2 aromatic rings. The highest BCUT2D eigenvalue weighted by Gasteiger charge is 2.00. The van der Waals surface area contributed by atoms with Crippen LogP contribution in [0.3, 0.4) is 0 Å². The average molecular weight is 344 g/mol. The van der Waals surface area contributed by atoms with Gasteiger partial charge in [-0.3, -0.25) is 0 Å². The number of nitrogens with one attached hydrogen (secondary N) is 1. The molecule has 0 atom stereocenters. The summed E-state index contributed by atoms with van der Waals surface area (Å²) in [6.45, 7) is 2.94. The number of benzene rings is 1. The van der Waals surface area contributed by atoms with Gasteiger partial charge in [0.25, 0.3) is 0 Å². The highest BCUT2D eigenvalue weighted by atomic mass is 127. The molecule has 0 spiro atoms. The van der Waals surface area contributed by atoms with E-state index in [-0.39, 0.29) is 0 Å². The van der Waals surface area contributed by atoms with Crippen molar-refractivity contribution in [3.05, 3.63) is 43.9 Å². The zero-order valence-electron chi connectivity index (χ0n) is 9.03. The summed E-state index contributed by atoms with van der Waals surface area (Å²) in [5, 5.41) is 6.71. The molecular formula is C12H13IN2S. The lowest BCUT2D eigenvalue weighted by Gasteiger charge is -2.04. The molecule has 2 rings (SSSR count). The molecule has 0 unspecified atom stereocenters. The summed E-state index contributed by atoms with van der Waals surface area (Å²) in [6.07, 6.45) is 1.02. The molecule has 0 fully saturated rings. The number of thiazole rings is 1. The predicted molar refractivity (Wildman–Crippen MR) is 78.0 cm³/mol. The highest BCUT2D eigenvalue weighted by molar-refractivity contribution is 14.1. The second-order valence-corrected chi connectivity index (χ2v) is 5.64. The van der Waals surface area contributed by atoms with Crippen LogP contribution in [0.5, 0.6) is 0 Å². The second-order valence-electron chi connectivity index (χ2n) is 3.45. The Labute approximate surface area is 113 Å². The van der Waals surface area contributed by atoms with Crippen molar-refractivity contribution < 1.29 is 0 Å². The number of halogens is 1. The van der Waals surface area contributed by atoms with Gasteiger partial charge in [-0.1, -0.05) is 13.0 Å². The summed E-state index contributed by atoms with van der Waals surface area (Å²) >= 11 is 4.05. The summed E-state index contributed by atoms with van der Waals surface area (Å²) in [4.78, 5) is 4.52. The highest BCUT2D eigenvalue weighted by Crippen LogP contribution is 2.15. The second kappa shape index (κ2) is 5.63. The fourth-order valence-electron chi connectivity index (χ4n) is 1.38. The molecule has 0 saturated heterocycles. The fraction of sp³-hybridized carbons (Fsp3) is 0.250. The molecule has 4 heteroatoms. The first kappa shape index (κ1) is 11.9. The van der Waals surface area contributed by atoms with Gasteiger partial charge in [-0.2, -0.15) is 0 Å². The van der Waals surface area contributed by atoms with Crippen molar-refractivity contribution in [2.45, 2.75) is 19.9 Å². The first-order valence-electron chi connectivity index (χ1n) is 5.20. The Morgan fingerprint density at radius 1 is 1.44 bits per heavy atom. The van der Waals surface area contributed by atoms with Crippen molar-refractivity contribution >= 4 is 39.6 Å². The molecule has 1 N–H and O–H groups in total. The van der Waals surface area contributed by atoms with Crippen molar-refractivity contribution in [2.75, 3.05) is 5.32 Å². The zero-order chi connectivity index (χ0) is 11.4. The lowest BCUT2D eigenvalue weighted by Crippen LogP contribution is -1.99. The minimum Gasteiger partial charge on any atom is -0.379 e. The SMILES string of the molecule is CCc1nc(CNc2cccc(I)c2)cs1. The summed E-state index contributed by atoms with van der Waals surface area (Å²) in [5.74, 6) is 0. The van der Waals surface area contributed by atoms with Crippen LogP contribution in [0.25, 0.3) is 0 Å². The van der Waals surface area contributed by atoms with Crippen molar-refractivity contribution in [3.63, 3.8) is 0 Å². The molecule has 0 aliphatic heterocycles. The number of aromatic nitrogens is 1. The topological polar surface area (TPSA) is 24.9 Å². The Kier molecular flexibility index (Phi) is 4.17. The van der Waals surface area contributed by atoms with Crippen molar-refractivity contribution in [3.8, 4) is 0 Å². The third kappa shape index (κ3) is 3.18. The smallest absolute Gasteiger partial charge is 0.0926 e. The lowest BCUT2D eigenvalue weighted by molar-refractivity contribution is 1.01. The molecule has 0 aliphatic rings. The van der Waals surface area contributed by atoms with Gasteiger partial charge >= 0.3 is 0 Å². The van der Waals surface area contributed by atoms with Crippen LogP contribution in [0.15, 0.2) is 29.6 Å². The van der Waals surface area contributed by atoms with E-state index < -0.39 is 0 Å². The van der Waals surface area contributed by atoms with Crippen LogP contribution in [-0.4, -0.2) is 4.98 Å². The maximum Gasteiger partial charge on any atom is 0.0926 e. The fourth-order valence-corrected chi connectivity index (χ4v) is 2.67. The van der Waals surface area contributed by atoms with E-state index in [0.29, 0.717) is 0 Å². The van der Waals surface area contributed by atoms with Crippen LogP contribution in [0.1, 0.15) is 17.6 Å². The summed E-state index contributed by atoms with van der Waals surface area (Å²) in [5.41, 5.74) is 2.28. The molecule has 0 aliphatic carbocycles. The normalized spacial score (nSPS) is 10.4. The van der Waals surface area contributed by atoms with E-state index in [2.05, 4.69) is 69.5 Å². The summed E-state index contributed by atoms with van der Waals surface area (Å²) in [6, 6.07) is 8.36. The quantitative estimate of drug-likeness (QED) is 0.851. The van der Waals surface area contributed by atoms with E-state index in [1.807, 2.05) is 0 Å². The number of aryl methyl sites for hydroxylation is 1. The maximum absolute atomic E-state index is 4.52. The van der Waals surface area contributed by atoms with E-state index in [1.54, 1.807) is 11.3 Å². The molecule has 0 saturated carbocycles. The maximum atomic E-state index is 4.52. The van der Waals surface area contributed by atoms with Gasteiger partial charge in [-0.25, -0.2) is 4.98 Å². The van der Waals surface area contributed by atoms with E-state index in [1.165, 1.54) is 8.58 Å². The van der Waals surface area contributed by atoms with Gasteiger partial charge in [0.05, 0.1) is 17.2 Å².